The second kappa shape index (κ2) is 9.70. The average molecular weight is 390 g/mol. The van der Waals surface area contributed by atoms with Gasteiger partial charge in [-0.3, -0.25) is 4.79 Å². The monoisotopic (exact) mass is 389 g/mol. The van der Waals surface area contributed by atoms with Gasteiger partial charge in [-0.25, -0.2) is 0 Å². The Balaban J connectivity index is 1.65. The fourth-order valence-corrected chi connectivity index (χ4v) is 3.17. The summed E-state index contributed by atoms with van der Waals surface area (Å²) in [6.45, 7) is 0.157. The van der Waals surface area contributed by atoms with E-state index in [2.05, 4.69) is 34.9 Å². The molecular formula is C23H20ClN3O. The lowest BCUT2D eigenvalue weighted by molar-refractivity contribution is -0.115. The van der Waals surface area contributed by atoms with Crippen LogP contribution in [-0.2, 0) is 11.2 Å². The van der Waals surface area contributed by atoms with Crippen LogP contribution >= 0.6 is 11.6 Å². The molecule has 0 saturated carbocycles. The normalized spacial score (nSPS) is 11.4. The van der Waals surface area contributed by atoms with Crippen LogP contribution in [-0.4, -0.2) is 12.5 Å². The van der Waals surface area contributed by atoms with Gasteiger partial charge in [0.15, 0.2) is 0 Å². The molecule has 0 bridgehead atoms. The highest BCUT2D eigenvalue weighted by molar-refractivity contribution is 6.32. The van der Waals surface area contributed by atoms with Gasteiger partial charge in [0.25, 0.3) is 0 Å². The van der Waals surface area contributed by atoms with Crippen LogP contribution in [0.3, 0.4) is 0 Å². The highest BCUT2D eigenvalue weighted by atomic mass is 35.5. The van der Waals surface area contributed by atoms with Crippen LogP contribution in [0.2, 0.25) is 5.02 Å². The molecule has 5 heteroatoms. The summed E-state index contributed by atoms with van der Waals surface area (Å²) in [7, 11) is 0. The van der Waals surface area contributed by atoms with Crippen molar-refractivity contribution >= 4 is 23.2 Å². The second-order valence-corrected chi connectivity index (χ2v) is 6.80. The third-order valence-electron chi connectivity index (χ3n) is 4.37. The molecule has 28 heavy (non-hydrogen) atoms. The number of hydrogen-bond acceptors (Lipinski definition) is 3. The third-order valence-corrected chi connectivity index (χ3v) is 4.68. The predicted molar refractivity (Wildman–Crippen MR) is 112 cm³/mol. The van der Waals surface area contributed by atoms with Gasteiger partial charge in [-0.2, -0.15) is 5.26 Å². The van der Waals surface area contributed by atoms with E-state index in [1.54, 1.807) is 18.2 Å². The van der Waals surface area contributed by atoms with E-state index in [4.69, 9.17) is 16.9 Å². The zero-order valence-corrected chi connectivity index (χ0v) is 16.0. The highest BCUT2D eigenvalue weighted by Crippen LogP contribution is 2.21. The number of nitriles is 1. The highest BCUT2D eigenvalue weighted by Gasteiger charge is 2.14. The van der Waals surface area contributed by atoms with E-state index in [1.807, 2.05) is 42.5 Å². The summed E-state index contributed by atoms with van der Waals surface area (Å²) in [6, 6.07) is 27.1. The maximum absolute atomic E-state index is 12.4. The molecule has 0 aliphatic heterocycles. The summed E-state index contributed by atoms with van der Waals surface area (Å²) in [5.74, 6) is -0.172. The molecule has 140 valence electrons. The minimum atomic E-state index is -0.172. The molecule has 0 heterocycles. The Bertz CT molecular complexity index is 968. The molecule has 0 fully saturated rings. The number of benzene rings is 3. The summed E-state index contributed by atoms with van der Waals surface area (Å²) in [5.41, 5.74) is 3.27. The van der Waals surface area contributed by atoms with E-state index in [9.17, 15) is 4.79 Å². The quantitative estimate of drug-likeness (QED) is 0.614. The van der Waals surface area contributed by atoms with E-state index < -0.39 is 0 Å². The molecule has 0 aromatic heterocycles. The molecule has 3 rings (SSSR count). The molecule has 1 atom stereocenters. The van der Waals surface area contributed by atoms with Crippen LogP contribution < -0.4 is 10.6 Å². The summed E-state index contributed by atoms with van der Waals surface area (Å²) >= 11 is 6.02. The van der Waals surface area contributed by atoms with Crippen LogP contribution in [0.15, 0.2) is 78.9 Å². The lowest BCUT2D eigenvalue weighted by Gasteiger charge is -2.19. The van der Waals surface area contributed by atoms with E-state index >= 15 is 0 Å². The van der Waals surface area contributed by atoms with Crippen molar-refractivity contribution in [2.75, 3.05) is 11.9 Å². The largest absolute Gasteiger partial charge is 0.325 e. The molecular weight excluding hydrogens is 370 g/mol. The van der Waals surface area contributed by atoms with Gasteiger partial charge in [0, 0.05) is 11.7 Å². The number of hydrogen-bond donors (Lipinski definition) is 2. The van der Waals surface area contributed by atoms with Gasteiger partial charge in [-0.05, 0) is 35.7 Å². The molecule has 0 saturated heterocycles. The third kappa shape index (κ3) is 5.43. The first-order valence-electron chi connectivity index (χ1n) is 8.97. The number of nitrogens with one attached hydrogen (secondary N) is 2. The van der Waals surface area contributed by atoms with Crippen LogP contribution in [0.25, 0.3) is 0 Å². The number of rotatable bonds is 7. The predicted octanol–water partition coefficient (Wildman–Crippen LogP) is 4.72. The Labute approximate surface area is 169 Å². The smallest absolute Gasteiger partial charge is 0.238 e. The summed E-state index contributed by atoms with van der Waals surface area (Å²) in [6.07, 6.45) is 0.779. The van der Waals surface area contributed by atoms with Gasteiger partial charge < -0.3 is 10.6 Å². The van der Waals surface area contributed by atoms with E-state index in [0.717, 1.165) is 12.0 Å². The summed E-state index contributed by atoms with van der Waals surface area (Å²) in [5, 5.41) is 15.4. The maximum atomic E-state index is 12.4. The summed E-state index contributed by atoms with van der Waals surface area (Å²) < 4.78 is 0. The maximum Gasteiger partial charge on any atom is 0.238 e. The number of halogens is 1. The van der Waals surface area contributed by atoms with Crippen molar-refractivity contribution in [1.82, 2.24) is 5.32 Å². The number of amides is 1. The Morgan fingerprint density at radius 2 is 1.68 bits per heavy atom. The van der Waals surface area contributed by atoms with Gasteiger partial charge in [-0.15, -0.1) is 0 Å². The first-order valence-corrected chi connectivity index (χ1v) is 9.35. The first-order chi connectivity index (χ1) is 13.7. The average Bonchev–Trinajstić information content (AvgIpc) is 2.72. The number of anilines is 1. The molecule has 0 aliphatic carbocycles. The van der Waals surface area contributed by atoms with Crippen molar-refractivity contribution in [1.29, 1.82) is 5.26 Å². The van der Waals surface area contributed by atoms with Crippen molar-refractivity contribution in [3.8, 4) is 6.07 Å². The number of nitrogens with zero attached hydrogens (tertiary/aromatic N) is 1. The Hall–Kier alpha value is -3.13. The minimum Gasteiger partial charge on any atom is -0.325 e. The van der Waals surface area contributed by atoms with Gasteiger partial charge in [-0.1, -0.05) is 72.3 Å². The zero-order chi connectivity index (χ0) is 19.8. The molecule has 3 aromatic rings. The van der Waals surface area contributed by atoms with Crippen LogP contribution in [0.4, 0.5) is 5.69 Å². The van der Waals surface area contributed by atoms with Crippen molar-refractivity contribution < 1.29 is 4.79 Å². The van der Waals surface area contributed by atoms with E-state index in [0.29, 0.717) is 16.3 Å². The van der Waals surface area contributed by atoms with Crippen LogP contribution in [0.1, 0.15) is 22.7 Å². The van der Waals surface area contributed by atoms with Gasteiger partial charge >= 0.3 is 0 Å². The molecule has 0 radical (unpaired) electrons. The zero-order valence-electron chi connectivity index (χ0n) is 15.2. The lowest BCUT2D eigenvalue weighted by Crippen LogP contribution is -2.32. The van der Waals surface area contributed by atoms with E-state index in [1.165, 1.54) is 5.56 Å². The molecule has 4 nitrogen and oxygen atoms in total. The van der Waals surface area contributed by atoms with Crippen molar-refractivity contribution in [2.45, 2.75) is 12.5 Å². The number of carbonyl (C=O) groups excluding carboxylic acids is 1. The van der Waals surface area contributed by atoms with Gasteiger partial charge in [0.05, 0.1) is 17.1 Å². The van der Waals surface area contributed by atoms with Crippen LogP contribution in [0.5, 0.6) is 0 Å². The molecule has 0 spiro atoms. The van der Waals surface area contributed by atoms with Crippen molar-refractivity contribution in [3.63, 3.8) is 0 Å². The standard InChI is InChI=1S/C23H20ClN3O/c24-21-14-20(12-11-19(21)15-25)27-23(28)16-26-22(18-9-5-2-6-10-18)13-17-7-3-1-4-8-17/h1-12,14,22,26H,13,16H2,(H,27,28). The first kappa shape index (κ1) is 19.6. The van der Waals surface area contributed by atoms with Gasteiger partial charge in [0.1, 0.15) is 6.07 Å². The molecule has 3 aromatic carbocycles. The Kier molecular flexibility index (Phi) is 6.80. The molecule has 0 aliphatic rings. The van der Waals surface area contributed by atoms with Crippen LogP contribution in [0, 0.1) is 11.3 Å². The SMILES string of the molecule is N#Cc1ccc(NC(=O)CNC(Cc2ccccc2)c2ccccc2)cc1Cl. The Morgan fingerprint density at radius 3 is 2.32 bits per heavy atom. The molecule has 1 unspecified atom stereocenters. The van der Waals surface area contributed by atoms with Gasteiger partial charge in [0.2, 0.25) is 5.91 Å². The molecule has 2 N–H and O–H groups in total. The summed E-state index contributed by atoms with van der Waals surface area (Å²) in [4.78, 5) is 12.4. The van der Waals surface area contributed by atoms with Crippen molar-refractivity contribution in [2.24, 2.45) is 0 Å². The fourth-order valence-electron chi connectivity index (χ4n) is 2.95. The fraction of sp³-hybridized carbons (Fsp3) is 0.130. The second-order valence-electron chi connectivity index (χ2n) is 6.39. The van der Waals surface area contributed by atoms with Crippen molar-refractivity contribution in [3.05, 3.63) is 101 Å². The topological polar surface area (TPSA) is 64.9 Å². The minimum absolute atomic E-state index is 0.0129. The lowest BCUT2D eigenvalue weighted by atomic mass is 9.99. The molecule has 1 amide bonds. The van der Waals surface area contributed by atoms with E-state index in [-0.39, 0.29) is 18.5 Å². The number of carbonyl (C=O) groups is 1. The Morgan fingerprint density at radius 1 is 1.00 bits per heavy atom.